The van der Waals surface area contributed by atoms with E-state index in [4.69, 9.17) is 41.6 Å². The smallest absolute Gasteiger partial charge is 0.254 e. The average Bonchev–Trinajstić information content (AvgIpc) is 4.04. The normalized spacial score (nSPS) is 17.7. The Labute approximate surface area is 377 Å². The van der Waals surface area contributed by atoms with Crippen molar-refractivity contribution in [3.63, 3.8) is 0 Å². The molecule has 2 N–H and O–H groups in total. The Balaban J connectivity index is 0.000000162. The SMILES string of the molecule is Cc1ccc2c(c1)[C@@H](C)C1=NCc3ncc(nc31)-c1c(C)nn(CCO)c1CN(C)C2.Cc1ccc2c(c1Cl)[C@@H](C)C1=NCc3ncc(nc31)-c1c(C)nn(CCO)c1CN(C)C2=O. The summed E-state index contributed by atoms with van der Waals surface area (Å²) in [7, 11) is 3.89. The van der Waals surface area contributed by atoms with Crippen LogP contribution in [-0.4, -0.2) is 104 Å². The first-order valence-electron chi connectivity index (χ1n) is 21.8. The highest BCUT2D eigenvalue weighted by Gasteiger charge is 2.34. The second-order valence-electron chi connectivity index (χ2n) is 17.3. The molecular formula is C48H53ClN12O3. The summed E-state index contributed by atoms with van der Waals surface area (Å²) in [5, 5.41) is 29.1. The third-order valence-electron chi connectivity index (χ3n) is 12.8. The highest BCUT2D eigenvalue weighted by molar-refractivity contribution is 6.33. The molecule has 0 radical (unpaired) electrons. The number of benzene rings is 2. The minimum Gasteiger partial charge on any atom is -0.394 e. The fraction of sp³-hybridized carbons (Fsp3) is 0.396. The van der Waals surface area contributed by atoms with Gasteiger partial charge in [0.1, 0.15) is 11.4 Å². The van der Waals surface area contributed by atoms with E-state index in [9.17, 15) is 15.0 Å². The molecule has 330 valence electrons. The zero-order valence-electron chi connectivity index (χ0n) is 37.6. The van der Waals surface area contributed by atoms with Crippen LogP contribution in [0, 0.1) is 27.7 Å². The van der Waals surface area contributed by atoms with Crippen LogP contribution >= 0.6 is 11.6 Å². The minimum atomic E-state index is -0.229. The summed E-state index contributed by atoms with van der Waals surface area (Å²) in [5.41, 5.74) is 18.2. The lowest BCUT2D eigenvalue weighted by molar-refractivity contribution is 0.0780. The van der Waals surface area contributed by atoms with E-state index in [1.165, 1.54) is 16.7 Å². The Kier molecular flexibility index (Phi) is 11.6. The monoisotopic (exact) mass is 880 g/mol. The van der Waals surface area contributed by atoms with E-state index in [1.54, 1.807) is 22.8 Å². The zero-order chi connectivity index (χ0) is 45.1. The lowest BCUT2D eigenvalue weighted by Gasteiger charge is -2.25. The number of aryl methyl sites for hydroxylation is 4. The highest BCUT2D eigenvalue weighted by atomic mass is 35.5. The molecule has 15 nitrogen and oxygen atoms in total. The van der Waals surface area contributed by atoms with E-state index < -0.39 is 0 Å². The Morgan fingerprint density at radius 2 is 1.30 bits per heavy atom. The largest absolute Gasteiger partial charge is 0.394 e. The number of carbonyl (C=O) groups excluding carboxylic acids is 1. The summed E-state index contributed by atoms with van der Waals surface area (Å²) in [6.07, 6.45) is 3.60. The number of halogens is 1. The van der Waals surface area contributed by atoms with E-state index >= 15 is 0 Å². The van der Waals surface area contributed by atoms with E-state index in [1.807, 2.05) is 50.7 Å². The van der Waals surface area contributed by atoms with Gasteiger partial charge in [-0.25, -0.2) is 9.97 Å². The van der Waals surface area contributed by atoms with Crippen molar-refractivity contribution >= 4 is 28.9 Å². The molecule has 0 saturated heterocycles. The molecule has 4 bridgehead atoms. The van der Waals surface area contributed by atoms with Crippen molar-refractivity contribution in [2.45, 2.75) is 99.2 Å². The van der Waals surface area contributed by atoms with Crippen LogP contribution in [-0.2, 0) is 45.8 Å². The first-order chi connectivity index (χ1) is 30.8. The van der Waals surface area contributed by atoms with Crippen molar-refractivity contribution in [3.05, 3.63) is 127 Å². The highest BCUT2D eigenvalue weighted by Crippen LogP contribution is 2.39. The van der Waals surface area contributed by atoms with Crippen LogP contribution in [0.4, 0.5) is 0 Å². The van der Waals surface area contributed by atoms with Crippen LogP contribution in [0.5, 0.6) is 0 Å². The van der Waals surface area contributed by atoms with Gasteiger partial charge in [0.2, 0.25) is 0 Å². The summed E-state index contributed by atoms with van der Waals surface area (Å²) in [4.78, 5) is 46.7. The number of hydrogen-bond acceptors (Lipinski definition) is 12. The third kappa shape index (κ3) is 7.53. The number of aromatic nitrogens is 8. The van der Waals surface area contributed by atoms with Gasteiger partial charge in [0.05, 0.1) is 115 Å². The second-order valence-corrected chi connectivity index (χ2v) is 17.7. The Morgan fingerprint density at radius 3 is 1.88 bits per heavy atom. The molecule has 0 unspecified atom stereocenters. The fourth-order valence-corrected chi connectivity index (χ4v) is 9.96. The second kappa shape index (κ2) is 17.2. The van der Waals surface area contributed by atoms with Crippen LogP contribution < -0.4 is 0 Å². The first-order valence-corrected chi connectivity index (χ1v) is 22.1. The Hall–Kier alpha value is -6.00. The molecule has 10 rings (SSSR count). The number of nitrogens with zero attached hydrogens (tertiary/aromatic N) is 12. The molecule has 6 aromatic rings. The molecule has 0 fully saturated rings. The maximum Gasteiger partial charge on any atom is 0.254 e. The predicted octanol–water partition coefficient (Wildman–Crippen LogP) is 6.30. The summed E-state index contributed by atoms with van der Waals surface area (Å²) in [5.74, 6) is -0.216. The maximum atomic E-state index is 13.7. The van der Waals surface area contributed by atoms with Crippen molar-refractivity contribution in [1.82, 2.24) is 49.3 Å². The Bertz CT molecular complexity index is 2920. The molecule has 2 atom stereocenters. The van der Waals surface area contributed by atoms with Crippen LogP contribution in [0.2, 0.25) is 5.02 Å². The number of aliphatic hydroxyl groups excluding tert-OH is 2. The van der Waals surface area contributed by atoms with Crippen molar-refractivity contribution in [1.29, 1.82) is 0 Å². The van der Waals surface area contributed by atoms with Gasteiger partial charge in [-0.15, -0.1) is 0 Å². The molecular weight excluding hydrogens is 828 g/mol. The number of aliphatic imine (C=N–C) groups is 2. The van der Waals surface area contributed by atoms with E-state index in [-0.39, 0.29) is 31.0 Å². The summed E-state index contributed by atoms with van der Waals surface area (Å²) < 4.78 is 3.66. The Morgan fingerprint density at radius 1 is 0.734 bits per heavy atom. The standard InChI is InChI=1S/C24H25ClN6O2.C24H28N6O/c1-12-5-6-15-19(21(12)25)13(2)22-23-17(10-27-22)26-9-16(28-23)20-14(3)29-31(7-8-32)18(20)11-30(4)24(15)33;1-14-5-6-17-12-29(4)13-21-22(16(3)28-30(21)7-8-31)19-10-25-20-11-26-23(24(20)27-19)15(2)18(17)9-14/h5-6,9,13,32H,7-8,10-11H2,1-4H3;5-6,9-10,15,31H,7-8,11-13H2,1-4H3/t13-;15-/m11/s1. The molecule has 0 saturated carbocycles. The topological polar surface area (TPSA) is 176 Å². The van der Waals surface area contributed by atoms with Gasteiger partial charge in [0.25, 0.3) is 5.91 Å². The first kappa shape index (κ1) is 43.3. The number of rotatable bonds is 4. The number of fused-ring (bicyclic) bond motifs is 8. The molecule has 2 aromatic carbocycles. The summed E-state index contributed by atoms with van der Waals surface area (Å²) in [6, 6.07) is 10.4. The average molecular weight is 881 g/mol. The van der Waals surface area contributed by atoms with E-state index in [0.29, 0.717) is 55.5 Å². The van der Waals surface area contributed by atoms with E-state index in [2.05, 4.69) is 54.1 Å². The molecule has 4 aliphatic rings. The number of carbonyl (C=O) groups is 1. The van der Waals surface area contributed by atoms with Crippen LogP contribution in [0.3, 0.4) is 0 Å². The fourth-order valence-electron chi connectivity index (χ4n) is 9.63. The molecule has 8 heterocycles. The zero-order valence-corrected chi connectivity index (χ0v) is 38.4. The van der Waals surface area contributed by atoms with Gasteiger partial charge >= 0.3 is 0 Å². The van der Waals surface area contributed by atoms with Crippen molar-refractivity contribution in [2.24, 2.45) is 9.98 Å². The van der Waals surface area contributed by atoms with Gasteiger partial charge in [-0.1, -0.05) is 55.3 Å². The van der Waals surface area contributed by atoms with Crippen molar-refractivity contribution < 1.29 is 15.0 Å². The molecule has 1 amide bonds. The number of hydrogen-bond donors (Lipinski definition) is 2. The minimum absolute atomic E-state index is 0.0452. The van der Waals surface area contributed by atoms with Gasteiger partial charge in [0, 0.05) is 53.7 Å². The van der Waals surface area contributed by atoms with E-state index in [0.717, 1.165) is 91.5 Å². The van der Waals surface area contributed by atoms with Gasteiger partial charge in [-0.05, 0) is 63.1 Å². The summed E-state index contributed by atoms with van der Waals surface area (Å²) >= 11 is 6.78. The van der Waals surface area contributed by atoms with Crippen molar-refractivity contribution in [2.75, 3.05) is 27.3 Å². The lowest BCUT2D eigenvalue weighted by Crippen LogP contribution is -2.30. The van der Waals surface area contributed by atoms with Gasteiger partial charge in [-0.2, -0.15) is 10.2 Å². The molecule has 0 spiro atoms. The summed E-state index contributed by atoms with van der Waals surface area (Å²) in [6.45, 7) is 15.8. The molecule has 16 heteroatoms. The van der Waals surface area contributed by atoms with Crippen molar-refractivity contribution in [3.8, 4) is 22.5 Å². The predicted molar refractivity (Wildman–Crippen MR) is 246 cm³/mol. The molecule has 4 aromatic heterocycles. The van der Waals surface area contributed by atoms with Gasteiger partial charge in [0.15, 0.2) is 0 Å². The number of aliphatic hydroxyl groups is 2. The molecule has 0 aliphatic carbocycles. The van der Waals surface area contributed by atoms with Crippen LogP contribution in [0.25, 0.3) is 22.5 Å². The van der Waals surface area contributed by atoms with Crippen LogP contribution in [0.1, 0.15) is 109 Å². The van der Waals surface area contributed by atoms with Gasteiger partial charge in [-0.3, -0.25) is 39.0 Å². The van der Waals surface area contributed by atoms with Crippen LogP contribution in [0.15, 0.2) is 52.7 Å². The third-order valence-corrected chi connectivity index (χ3v) is 13.3. The van der Waals surface area contributed by atoms with Gasteiger partial charge < -0.3 is 15.1 Å². The maximum absolute atomic E-state index is 13.7. The molecule has 64 heavy (non-hydrogen) atoms. The number of amides is 1. The molecule has 4 aliphatic heterocycles. The lowest BCUT2D eigenvalue weighted by atomic mass is 9.88. The quantitative estimate of drug-likeness (QED) is 0.205.